The number of methoxy groups -OCH3 is 1. The molecule has 0 heterocycles. The van der Waals surface area contributed by atoms with Crippen LogP contribution < -0.4 is 0 Å². The number of hydrogen-bond donors (Lipinski definition) is 0. The van der Waals surface area contributed by atoms with Crippen molar-refractivity contribution in [1.29, 1.82) is 0 Å². The molecule has 0 fully saturated rings. The monoisotopic (exact) mass is 61.1 g/mol. The summed E-state index contributed by atoms with van der Waals surface area (Å²) >= 11 is 0. The topological polar surface area (TPSA) is 9.23 Å². The van der Waals surface area contributed by atoms with Crippen molar-refractivity contribution in [2.24, 2.45) is 0 Å². The molecule has 0 amide bonds. The molecule has 0 aromatic carbocycles. The molecular formula is C3H6O. The molecule has 0 aromatic rings. The van der Waals surface area contributed by atoms with Gasteiger partial charge in [-0.25, -0.2) is 0 Å². The van der Waals surface area contributed by atoms with E-state index in [0.29, 0.717) is 0 Å². The second-order valence-electron chi connectivity index (χ2n) is 0.306. The van der Waals surface area contributed by atoms with E-state index in [9.17, 15) is 0 Å². The number of ether oxygens (including phenoxy) is 1. The van der Waals surface area contributed by atoms with Crippen LogP contribution in [0.1, 0.15) is 4.11 Å². The lowest BCUT2D eigenvalue weighted by Gasteiger charge is -1.73. The SMILES string of the molecule is [2H]C([2H])=C([2H])OC. The Hall–Kier alpha value is -0.460. The Kier molecular flexibility index (Phi) is 0.473. The molecular weight excluding hydrogens is 52.0 g/mol. The maximum absolute atomic E-state index is 6.56. The summed E-state index contributed by atoms with van der Waals surface area (Å²) in [6, 6.07) is 0. The fraction of sp³-hybridized carbons (Fsp3) is 0.333. The molecule has 1 nitrogen and oxygen atoms in total. The zero-order chi connectivity index (χ0) is 5.86. The highest BCUT2D eigenvalue weighted by atomic mass is 16.5. The molecule has 0 saturated heterocycles. The summed E-state index contributed by atoms with van der Waals surface area (Å²) in [5.41, 5.74) is 0. The van der Waals surface area contributed by atoms with Gasteiger partial charge in [0.2, 0.25) is 0 Å². The lowest BCUT2D eigenvalue weighted by atomic mass is 11.2. The van der Waals surface area contributed by atoms with Gasteiger partial charge in [-0.15, -0.1) is 0 Å². The summed E-state index contributed by atoms with van der Waals surface area (Å²) in [7, 11) is 1.26. The zero-order valence-electron chi connectivity index (χ0n) is 5.41. The van der Waals surface area contributed by atoms with E-state index in [4.69, 9.17) is 4.11 Å². The van der Waals surface area contributed by atoms with Crippen LogP contribution in [0.5, 0.6) is 0 Å². The summed E-state index contributed by atoms with van der Waals surface area (Å²) in [5.74, 6) is 0. The van der Waals surface area contributed by atoms with Crippen molar-refractivity contribution in [3.8, 4) is 0 Å². The van der Waals surface area contributed by atoms with Gasteiger partial charge in [-0.05, 0) is 0 Å². The quantitative estimate of drug-likeness (QED) is 0.407. The molecule has 0 aliphatic heterocycles. The molecule has 0 atom stereocenters. The second kappa shape index (κ2) is 2.54. The Morgan fingerprint density at radius 1 is 2.75 bits per heavy atom. The molecule has 0 aliphatic carbocycles. The van der Waals surface area contributed by atoms with Crippen LogP contribution in [0.2, 0.25) is 0 Å². The lowest BCUT2D eigenvalue weighted by Crippen LogP contribution is -1.54. The Balaban J connectivity index is 3.72. The van der Waals surface area contributed by atoms with Crippen LogP contribution in [0.15, 0.2) is 12.8 Å². The van der Waals surface area contributed by atoms with Crippen LogP contribution in [-0.4, -0.2) is 7.11 Å². The summed E-state index contributed by atoms with van der Waals surface area (Å²) in [6.07, 6.45) is -0.403. The van der Waals surface area contributed by atoms with Crippen LogP contribution in [-0.2, 0) is 4.74 Å². The van der Waals surface area contributed by atoms with E-state index in [2.05, 4.69) is 4.74 Å². The van der Waals surface area contributed by atoms with Crippen molar-refractivity contribution >= 4 is 0 Å². The molecule has 0 rings (SSSR count). The van der Waals surface area contributed by atoms with Crippen LogP contribution in [0.4, 0.5) is 0 Å². The molecule has 1 heteroatoms. The number of rotatable bonds is 1. The highest BCUT2D eigenvalue weighted by Crippen LogP contribution is 1.52. The van der Waals surface area contributed by atoms with Gasteiger partial charge < -0.3 is 4.74 Å². The Morgan fingerprint density at radius 2 is 3.50 bits per heavy atom. The Morgan fingerprint density at radius 3 is 3.50 bits per heavy atom. The van der Waals surface area contributed by atoms with E-state index in [1.165, 1.54) is 7.11 Å². The third kappa shape index (κ3) is 1.54. The molecule has 24 valence electrons. The fourth-order valence-electron chi connectivity index (χ4n) is 0. The summed E-state index contributed by atoms with van der Waals surface area (Å²) in [4.78, 5) is 0. The maximum atomic E-state index is 6.56. The van der Waals surface area contributed by atoms with Crippen LogP contribution in [0, 0.1) is 0 Å². The first-order valence-corrected chi connectivity index (χ1v) is 0.862. The van der Waals surface area contributed by atoms with Gasteiger partial charge in [0, 0.05) is 0 Å². The maximum Gasteiger partial charge on any atom is 0.103 e. The molecule has 0 N–H and O–H groups in total. The van der Waals surface area contributed by atoms with Crippen LogP contribution in [0.25, 0.3) is 0 Å². The third-order valence-corrected chi connectivity index (χ3v) is 0.102. The van der Waals surface area contributed by atoms with E-state index in [-0.39, 0.29) is 0 Å². The molecule has 0 unspecified atom stereocenters. The van der Waals surface area contributed by atoms with E-state index in [0.717, 1.165) is 0 Å². The molecule has 0 bridgehead atoms. The van der Waals surface area contributed by atoms with Gasteiger partial charge >= 0.3 is 0 Å². The summed E-state index contributed by atoms with van der Waals surface area (Å²) in [5, 5.41) is 0. The van der Waals surface area contributed by atoms with E-state index in [1.54, 1.807) is 0 Å². The lowest BCUT2D eigenvalue weighted by molar-refractivity contribution is 0.339. The van der Waals surface area contributed by atoms with Crippen molar-refractivity contribution in [2.75, 3.05) is 7.11 Å². The average molecular weight is 61.1 g/mol. The predicted molar refractivity (Wildman–Crippen MR) is 17.2 cm³/mol. The van der Waals surface area contributed by atoms with E-state index in [1.807, 2.05) is 0 Å². The highest BCUT2D eigenvalue weighted by molar-refractivity contribution is 4.43. The minimum Gasteiger partial charge on any atom is -0.505 e. The molecule has 0 radical (unpaired) electrons. The van der Waals surface area contributed by atoms with Gasteiger partial charge in [0.05, 0.1) is 16.1 Å². The molecule has 4 heavy (non-hydrogen) atoms. The smallest absolute Gasteiger partial charge is 0.103 e. The second-order valence-corrected chi connectivity index (χ2v) is 0.306. The van der Waals surface area contributed by atoms with Crippen molar-refractivity contribution in [2.45, 2.75) is 0 Å². The van der Waals surface area contributed by atoms with Crippen molar-refractivity contribution in [1.82, 2.24) is 0 Å². The number of hydrogen-bond acceptors (Lipinski definition) is 1. The molecule has 0 saturated carbocycles. The van der Waals surface area contributed by atoms with Gasteiger partial charge in [-0.2, -0.15) is 0 Å². The van der Waals surface area contributed by atoms with Gasteiger partial charge in [0.1, 0.15) is 1.37 Å². The first-order chi connectivity index (χ1) is 3.18. The van der Waals surface area contributed by atoms with E-state index >= 15 is 0 Å². The molecule has 0 spiro atoms. The molecule has 0 aliphatic rings. The third-order valence-electron chi connectivity index (χ3n) is 0.102. The largest absolute Gasteiger partial charge is 0.505 e. The zero-order valence-corrected chi connectivity index (χ0v) is 2.41. The Bertz CT molecular complexity index is 84.2. The first-order valence-electron chi connectivity index (χ1n) is 2.36. The summed E-state index contributed by atoms with van der Waals surface area (Å²) < 4.78 is 23.6. The predicted octanol–water partition coefficient (Wildman–Crippen LogP) is 0.776. The van der Waals surface area contributed by atoms with Crippen LogP contribution in [0.3, 0.4) is 0 Å². The van der Waals surface area contributed by atoms with Crippen LogP contribution >= 0.6 is 0 Å². The normalized spacial score (nSPS) is 14.8. The van der Waals surface area contributed by atoms with Gasteiger partial charge in [0.15, 0.2) is 0 Å². The van der Waals surface area contributed by atoms with Crippen molar-refractivity contribution in [3.05, 3.63) is 12.8 Å². The van der Waals surface area contributed by atoms with Gasteiger partial charge in [0.25, 0.3) is 0 Å². The standard InChI is InChI=1S/C3H6O/c1-3-4-2/h3H,1H2,2H3/i1D2,3D. The van der Waals surface area contributed by atoms with Crippen molar-refractivity contribution in [3.63, 3.8) is 0 Å². The Labute approximate surface area is 30.1 Å². The molecule has 0 aromatic heterocycles. The van der Waals surface area contributed by atoms with E-state index < -0.39 is 12.8 Å². The minimum atomic E-state index is -0.595. The highest BCUT2D eigenvalue weighted by Gasteiger charge is 1.36. The van der Waals surface area contributed by atoms with Crippen molar-refractivity contribution < 1.29 is 8.85 Å². The van der Waals surface area contributed by atoms with Gasteiger partial charge in [-0.3, -0.25) is 0 Å². The minimum absolute atomic E-state index is 0.403. The average Bonchev–Trinajstić information content (AvgIpc) is 1.65. The van der Waals surface area contributed by atoms with Gasteiger partial charge in [-0.1, -0.05) is 6.53 Å². The summed E-state index contributed by atoms with van der Waals surface area (Å²) in [6.45, 7) is -0.595. The fourth-order valence-corrected chi connectivity index (χ4v) is 0. The first kappa shape index (κ1) is 0.744.